The Labute approximate surface area is 160 Å². The van der Waals surface area contributed by atoms with E-state index in [1.807, 2.05) is 39.8 Å². The number of amides is 2. The van der Waals surface area contributed by atoms with Gasteiger partial charge in [-0.05, 0) is 44.2 Å². The predicted octanol–water partition coefficient (Wildman–Crippen LogP) is 3.59. The molecule has 0 fully saturated rings. The molecule has 142 valence electrons. The third-order valence-electron chi connectivity index (χ3n) is 4.39. The van der Waals surface area contributed by atoms with Crippen molar-refractivity contribution in [3.05, 3.63) is 45.4 Å². The van der Waals surface area contributed by atoms with Gasteiger partial charge >= 0.3 is 0 Å². The van der Waals surface area contributed by atoms with Crippen LogP contribution in [0.15, 0.2) is 23.6 Å². The number of nitrogens with zero attached hydrogens (tertiary/aromatic N) is 2. The van der Waals surface area contributed by atoms with Gasteiger partial charge < -0.3 is 14.8 Å². The van der Waals surface area contributed by atoms with Crippen LogP contribution in [0, 0.1) is 13.8 Å². The Bertz CT molecular complexity index is 735. The SMILES string of the molecule is CCCNC(=O)CN(CCC)C(=O)c1cc(C)n(Cc2cccs2)c1C. The van der Waals surface area contributed by atoms with Gasteiger partial charge in [0.1, 0.15) is 0 Å². The Morgan fingerprint density at radius 2 is 2.00 bits per heavy atom. The molecule has 0 saturated carbocycles. The van der Waals surface area contributed by atoms with Crippen LogP contribution in [-0.2, 0) is 11.3 Å². The summed E-state index contributed by atoms with van der Waals surface area (Å²) < 4.78 is 2.17. The molecule has 0 spiro atoms. The van der Waals surface area contributed by atoms with Crippen molar-refractivity contribution in [1.82, 2.24) is 14.8 Å². The first kappa shape index (κ1) is 20.2. The van der Waals surface area contributed by atoms with Crippen molar-refractivity contribution < 1.29 is 9.59 Å². The van der Waals surface area contributed by atoms with Crippen LogP contribution < -0.4 is 5.32 Å². The zero-order valence-electron chi connectivity index (χ0n) is 16.2. The summed E-state index contributed by atoms with van der Waals surface area (Å²) in [5.74, 6) is -0.162. The quantitative estimate of drug-likeness (QED) is 0.728. The minimum Gasteiger partial charge on any atom is -0.355 e. The molecule has 0 aliphatic carbocycles. The summed E-state index contributed by atoms with van der Waals surface area (Å²) in [6.07, 6.45) is 1.71. The van der Waals surface area contributed by atoms with E-state index in [4.69, 9.17) is 0 Å². The van der Waals surface area contributed by atoms with Crippen LogP contribution in [-0.4, -0.2) is 40.9 Å². The van der Waals surface area contributed by atoms with Gasteiger partial charge in [-0.2, -0.15) is 0 Å². The van der Waals surface area contributed by atoms with Gasteiger partial charge in [-0.3, -0.25) is 9.59 Å². The smallest absolute Gasteiger partial charge is 0.256 e. The van der Waals surface area contributed by atoms with Gasteiger partial charge in [0.2, 0.25) is 5.91 Å². The van der Waals surface area contributed by atoms with Gasteiger partial charge in [0.05, 0.1) is 18.7 Å². The molecule has 1 N–H and O–H groups in total. The van der Waals surface area contributed by atoms with Gasteiger partial charge in [0.15, 0.2) is 0 Å². The van der Waals surface area contributed by atoms with E-state index in [1.165, 1.54) is 4.88 Å². The third-order valence-corrected chi connectivity index (χ3v) is 5.25. The number of carbonyl (C=O) groups excluding carboxylic acids is 2. The van der Waals surface area contributed by atoms with Crippen molar-refractivity contribution in [3.8, 4) is 0 Å². The standard InChI is InChI=1S/C20H29N3O2S/c1-5-9-21-19(24)14-22(10-6-2)20(25)18-12-15(3)23(16(18)4)13-17-8-7-11-26-17/h7-8,11-12H,5-6,9-10,13-14H2,1-4H3,(H,21,24). The average molecular weight is 376 g/mol. The van der Waals surface area contributed by atoms with Crippen molar-refractivity contribution in [3.63, 3.8) is 0 Å². The lowest BCUT2D eigenvalue weighted by Crippen LogP contribution is -2.41. The molecule has 2 aromatic heterocycles. The van der Waals surface area contributed by atoms with Crippen LogP contribution in [0.2, 0.25) is 0 Å². The third kappa shape index (κ3) is 4.97. The molecule has 6 heteroatoms. The van der Waals surface area contributed by atoms with Crippen LogP contribution in [0.5, 0.6) is 0 Å². The first-order chi connectivity index (χ1) is 12.5. The van der Waals surface area contributed by atoms with Crippen LogP contribution in [0.4, 0.5) is 0 Å². The highest BCUT2D eigenvalue weighted by Gasteiger charge is 2.22. The van der Waals surface area contributed by atoms with Crippen molar-refractivity contribution >= 4 is 23.2 Å². The Hall–Kier alpha value is -2.08. The highest BCUT2D eigenvalue weighted by atomic mass is 32.1. The molecule has 0 radical (unpaired) electrons. The van der Waals surface area contributed by atoms with Gasteiger partial charge in [-0.25, -0.2) is 0 Å². The molecule has 0 aromatic carbocycles. The van der Waals surface area contributed by atoms with E-state index in [0.717, 1.165) is 30.8 Å². The molecule has 5 nitrogen and oxygen atoms in total. The fourth-order valence-corrected chi connectivity index (χ4v) is 3.70. The molecule has 0 unspecified atom stereocenters. The zero-order chi connectivity index (χ0) is 19.1. The van der Waals surface area contributed by atoms with Gasteiger partial charge in [-0.15, -0.1) is 11.3 Å². The zero-order valence-corrected chi connectivity index (χ0v) is 17.0. The lowest BCUT2D eigenvalue weighted by Gasteiger charge is -2.21. The molecule has 0 aliphatic rings. The molecule has 0 aliphatic heterocycles. The molecule has 0 bridgehead atoms. The minimum atomic E-state index is -0.0963. The maximum atomic E-state index is 13.1. The Morgan fingerprint density at radius 3 is 2.62 bits per heavy atom. The molecule has 2 heterocycles. The number of nitrogens with one attached hydrogen (secondary N) is 1. The van der Waals surface area contributed by atoms with Crippen molar-refractivity contribution in [2.45, 2.75) is 47.1 Å². The molecule has 2 amide bonds. The normalized spacial score (nSPS) is 10.8. The van der Waals surface area contributed by atoms with Crippen molar-refractivity contribution in [2.75, 3.05) is 19.6 Å². The number of aromatic nitrogens is 1. The monoisotopic (exact) mass is 375 g/mol. The van der Waals surface area contributed by atoms with Crippen LogP contribution in [0.3, 0.4) is 0 Å². The topological polar surface area (TPSA) is 54.3 Å². The highest BCUT2D eigenvalue weighted by Crippen LogP contribution is 2.20. The maximum absolute atomic E-state index is 13.1. The Balaban J connectivity index is 2.18. The molecule has 0 saturated heterocycles. The average Bonchev–Trinajstić information content (AvgIpc) is 3.22. The predicted molar refractivity (Wildman–Crippen MR) is 107 cm³/mol. The minimum absolute atomic E-state index is 0.0657. The first-order valence-corrected chi connectivity index (χ1v) is 10.1. The van der Waals surface area contributed by atoms with Crippen LogP contribution >= 0.6 is 11.3 Å². The Morgan fingerprint density at radius 1 is 1.23 bits per heavy atom. The number of hydrogen-bond donors (Lipinski definition) is 1. The summed E-state index contributed by atoms with van der Waals surface area (Å²) in [6.45, 7) is 10.1. The second kappa shape index (κ2) is 9.57. The van der Waals surface area contributed by atoms with E-state index in [2.05, 4.69) is 21.3 Å². The summed E-state index contributed by atoms with van der Waals surface area (Å²) >= 11 is 1.71. The van der Waals surface area contributed by atoms with Crippen LogP contribution in [0.25, 0.3) is 0 Å². The number of carbonyl (C=O) groups is 2. The van der Waals surface area contributed by atoms with Crippen molar-refractivity contribution in [2.24, 2.45) is 0 Å². The lowest BCUT2D eigenvalue weighted by molar-refractivity contribution is -0.121. The summed E-state index contributed by atoms with van der Waals surface area (Å²) in [5, 5.41) is 4.91. The van der Waals surface area contributed by atoms with Gasteiger partial charge in [0.25, 0.3) is 5.91 Å². The molecule has 26 heavy (non-hydrogen) atoms. The number of aryl methyl sites for hydroxylation is 1. The second-order valence-electron chi connectivity index (χ2n) is 6.53. The number of hydrogen-bond acceptors (Lipinski definition) is 3. The summed E-state index contributed by atoms with van der Waals surface area (Å²) in [5.41, 5.74) is 2.71. The molecule has 2 rings (SSSR count). The summed E-state index contributed by atoms with van der Waals surface area (Å²) in [6, 6.07) is 6.09. The second-order valence-corrected chi connectivity index (χ2v) is 7.56. The summed E-state index contributed by atoms with van der Waals surface area (Å²) in [7, 11) is 0. The molecular formula is C20H29N3O2S. The van der Waals surface area contributed by atoms with Crippen molar-refractivity contribution in [1.29, 1.82) is 0 Å². The van der Waals surface area contributed by atoms with E-state index in [-0.39, 0.29) is 18.4 Å². The molecular weight excluding hydrogens is 346 g/mol. The summed E-state index contributed by atoms with van der Waals surface area (Å²) in [4.78, 5) is 28.1. The van der Waals surface area contributed by atoms with Crippen LogP contribution in [0.1, 0.15) is 53.3 Å². The molecule has 0 atom stereocenters. The number of rotatable bonds is 9. The lowest BCUT2D eigenvalue weighted by atomic mass is 10.2. The highest BCUT2D eigenvalue weighted by molar-refractivity contribution is 7.09. The van der Waals surface area contributed by atoms with E-state index in [0.29, 0.717) is 18.7 Å². The van der Waals surface area contributed by atoms with Gasteiger partial charge in [0, 0.05) is 29.4 Å². The fraction of sp³-hybridized carbons (Fsp3) is 0.500. The maximum Gasteiger partial charge on any atom is 0.256 e. The number of thiophene rings is 1. The Kier molecular flexibility index (Phi) is 7.45. The fourth-order valence-electron chi connectivity index (χ4n) is 3.01. The largest absolute Gasteiger partial charge is 0.355 e. The first-order valence-electron chi connectivity index (χ1n) is 9.23. The van der Waals surface area contributed by atoms with Gasteiger partial charge in [-0.1, -0.05) is 19.9 Å². The van der Waals surface area contributed by atoms with E-state index in [1.54, 1.807) is 16.2 Å². The van der Waals surface area contributed by atoms with E-state index >= 15 is 0 Å². The van der Waals surface area contributed by atoms with E-state index in [9.17, 15) is 9.59 Å². The van der Waals surface area contributed by atoms with E-state index < -0.39 is 0 Å². The molecule has 2 aromatic rings.